The van der Waals surface area contributed by atoms with E-state index in [1.165, 1.54) is 5.56 Å². The lowest BCUT2D eigenvalue weighted by Crippen LogP contribution is -2.05. The molecule has 1 unspecified atom stereocenters. The lowest BCUT2D eigenvalue weighted by molar-refractivity contribution is 0.221. The Labute approximate surface area is 111 Å². The number of unbranched alkanes of at least 4 members (excludes halogenated alkanes) is 1. The van der Waals surface area contributed by atoms with Crippen LogP contribution < -0.4 is 10.5 Å². The van der Waals surface area contributed by atoms with E-state index in [1.54, 1.807) is 0 Å². The van der Waals surface area contributed by atoms with Crippen molar-refractivity contribution < 1.29 is 9.26 Å². The van der Waals surface area contributed by atoms with Crippen LogP contribution in [0.3, 0.4) is 0 Å². The molecule has 5 nitrogen and oxygen atoms in total. The molecule has 0 spiro atoms. The van der Waals surface area contributed by atoms with Crippen LogP contribution in [0.25, 0.3) is 0 Å². The number of para-hydroxylation sites is 1. The number of nitrogens with zero attached hydrogens (tertiary/aromatic N) is 2. The van der Waals surface area contributed by atoms with Gasteiger partial charge in [-0.2, -0.15) is 4.98 Å². The van der Waals surface area contributed by atoms with Gasteiger partial charge < -0.3 is 15.0 Å². The van der Waals surface area contributed by atoms with Gasteiger partial charge in [-0.25, -0.2) is 0 Å². The van der Waals surface area contributed by atoms with Crippen molar-refractivity contribution in [3.8, 4) is 5.75 Å². The molecule has 5 heteroatoms. The van der Waals surface area contributed by atoms with E-state index in [2.05, 4.69) is 16.2 Å². The molecule has 2 heterocycles. The summed E-state index contributed by atoms with van der Waals surface area (Å²) >= 11 is 0. The third kappa shape index (κ3) is 2.61. The largest absolute Gasteiger partial charge is 0.482 e. The number of hydrogen-bond donors (Lipinski definition) is 1. The van der Waals surface area contributed by atoms with Crippen LogP contribution in [0.4, 0.5) is 0 Å². The summed E-state index contributed by atoms with van der Waals surface area (Å²) in [6, 6.07) is 8.02. The summed E-state index contributed by atoms with van der Waals surface area (Å²) in [7, 11) is 0. The smallest absolute Gasteiger partial charge is 0.226 e. The van der Waals surface area contributed by atoms with Gasteiger partial charge in [0.25, 0.3) is 0 Å². The average molecular weight is 259 g/mol. The Bertz CT molecular complexity index is 528. The molecule has 0 amide bonds. The summed E-state index contributed by atoms with van der Waals surface area (Å²) in [4.78, 5) is 4.40. The second kappa shape index (κ2) is 5.40. The highest BCUT2D eigenvalue weighted by molar-refractivity contribution is 5.37. The minimum atomic E-state index is -0.121. The number of ether oxygens (including phenoxy) is 1. The Kier molecular flexibility index (Phi) is 3.46. The summed E-state index contributed by atoms with van der Waals surface area (Å²) in [5.41, 5.74) is 6.66. The number of benzene rings is 1. The van der Waals surface area contributed by atoms with Crippen molar-refractivity contribution in [2.24, 2.45) is 5.73 Å². The van der Waals surface area contributed by atoms with Crippen LogP contribution in [0.2, 0.25) is 0 Å². The fraction of sp³-hybridized carbons (Fsp3) is 0.429. The normalized spacial score (nSPS) is 17.2. The molecular formula is C14H17N3O2. The minimum absolute atomic E-state index is 0.121. The minimum Gasteiger partial charge on any atom is -0.482 e. The fourth-order valence-corrected chi connectivity index (χ4v) is 2.25. The van der Waals surface area contributed by atoms with Gasteiger partial charge in [-0.1, -0.05) is 23.4 Å². The fourth-order valence-electron chi connectivity index (χ4n) is 2.25. The molecule has 1 aromatic heterocycles. The molecule has 1 aliphatic rings. The van der Waals surface area contributed by atoms with E-state index in [-0.39, 0.29) is 6.10 Å². The van der Waals surface area contributed by atoms with E-state index < -0.39 is 0 Å². The third-order valence-electron chi connectivity index (χ3n) is 3.26. The molecule has 2 N–H and O–H groups in total. The van der Waals surface area contributed by atoms with E-state index in [9.17, 15) is 0 Å². The number of nitrogens with two attached hydrogens (primary N) is 1. The van der Waals surface area contributed by atoms with Crippen LogP contribution in [-0.2, 0) is 12.8 Å². The van der Waals surface area contributed by atoms with Crippen molar-refractivity contribution in [2.75, 3.05) is 6.54 Å². The van der Waals surface area contributed by atoms with Crippen LogP contribution in [0, 0.1) is 0 Å². The standard InChI is InChI=1S/C14H17N3O2/c15-8-4-3-7-13-16-14(17-19-13)12-9-10-5-1-2-6-11(10)18-12/h1-2,5-6,12H,3-4,7-9,15H2. The Balaban J connectivity index is 1.65. The SMILES string of the molecule is NCCCCc1nc(C2Cc3ccccc3O2)no1. The quantitative estimate of drug-likeness (QED) is 0.831. The summed E-state index contributed by atoms with van der Waals surface area (Å²) in [6.45, 7) is 0.696. The first-order valence-corrected chi connectivity index (χ1v) is 6.64. The predicted molar refractivity (Wildman–Crippen MR) is 69.8 cm³/mol. The summed E-state index contributed by atoms with van der Waals surface area (Å²) in [6.07, 6.45) is 3.42. The number of fused-ring (bicyclic) bond motifs is 1. The van der Waals surface area contributed by atoms with Gasteiger partial charge in [0.15, 0.2) is 6.10 Å². The van der Waals surface area contributed by atoms with Crippen molar-refractivity contribution in [3.63, 3.8) is 0 Å². The molecule has 1 aliphatic heterocycles. The Hall–Kier alpha value is -1.88. The first-order valence-electron chi connectivity index (χ1n) is 6.64. The van der Waals surface area contributed by atoms with E-state index >= 15 is 0 Å². The van der Waals surface area contributed by atoms with Gasteiger partial charge in [-0.15, -0.1) is 0 Å². The van der Waals surface area contributed by atoms with Gasteiger partial charge >= 0.3 is 0 Å². The van der Waals surface area contributed by atoms with E-state index in [0.29, 0.717) is 18.3 Å². The molecule has 0 fully saturated rings. The van der Waals surface area contributed by atoms with Crippen LogP contribution in [-0.4, -0.2) is 16.7 Å². The lowest BCUT2D eigenvalue weighted by atomic mass is 10.1. The van der Waals surface area contributed by atoms with Gasteiger partial charge in [-0.3, -0.25) is 0 Å². The van der Waals surface area contributed by atoms with Gasteiger partial charge in [0, 0.05) is 12.8 Å². The predicted octanol–water partition coefficient (Wildman–Crippen LogP) is 2.03. The molecule has 0 aliphatic carbocycles. The Morgan fingerprint density at radius 3 is 3.00 bits per heavy atom. The molecule has 0 saturated heterocycles. The van der Waals surface area contributed by atoms with Gasteiger partial charge in [0.05, 0.1) is 0 Å². The summed E-state index contributed by atoms with van der Waals surface area (Å²) < 4.78 is 11.1. The number of rotatable bonds is 5. The molecular weight excluding hydrogens is 242 g/mol. The molecule has 0 saturated carbocycles. The molecule has 2 aromatic rings. The summed E-state index contributed by atoms with van der Waals surface area (Å²) in [5.74, 6) is 2.23. The Morgan fingerprint density at radius 1 is 1.26 bits per heavy atom. The van der Waals surface area contributed by atoms with Crippen LogP contribution in [0.15, 0.2) is 28.8 Å². The van der Waals surface area contributed by atoms with Crippen molar-refractivity contribution in [3.05, 3.63) is 41.5 Å². The van der Waals surface area contributed by atoms with E-state index in [0.717, 1.165) is 31.4 Å². The molecule has 19 heavy (non-hydrogen) atoms. The van der Waals surface area contributed by atoms with Gasteiger partial charge in [-0.05, 0) is 31.0 Å². The van der Waals surface area contributed by atoms with Crippen LogP contribution >= 0.6 is 0 Å². The zero-order chi connectivity index (χ0) is 13.1. The summed E-state index contributed by atoms with van der Waals surface area (Å²) in [5, 5.41) is 4.02. The van der Waals surface area contributed by atoms with Crippen molar-refractivity contribution in [2.45, 2.75) is 31.8 Å². The first-order chi connectivity index (χ1) is 9.36. The van der Waals surface area contributed by atoms with Crippen LogP contribution in [0.5, 0.6) is 5.75 Å². The lowest BCUT2D eigenvalue weighted by Gasteiger charge is -2.04. The van der Waals surface area contributed by atoms with Gasteiger partial charge in [0.2, 0.25) is 11.7 Å². The highest BCUT2D eigenvalue weighted by Gasteiger charge is 2.27. The van der Waals surface area contributed by atoms with Crippen molar-refractivity contribution >= 4 is 0 Å². The van der Waals surface area contributed by atoms with Crippen molar-refractivity contribution in [1.82, 2.24) is 10.1 Å². The molecule has 1 atom stereocenters. The molecule has 3 rings (SSSR count). The van der Waals surface area contributed by atoms with Crippen LogP contribution in [0.1, 0.15) is 36.2 Å². The van der Waals surface area contributed by atoms with E-state index in [1.807, 2.05) is 18.2 Å². The highest BCUT2D eigenvalue weighted by Crippen LogP contribution is 2.35. The molecule has 0 radical (unpaired) electrons. The number of aromatic nitrogens is 2. The molecule has 1 aromatic carbocycles. The maximum absolute atomic E-state index is 5.83. The zero-order valence-electron chi connectivity index (χ0n) is 10.7. The average Bonchev–Trinajstić information content (AvgIpc) is 3.04. The zero-order valence-corrected chi connectivity index (χ0v) is 10.7. The first kappa shape index (κ1) is 12.2. The second-order valence-electron chi connectivity index (χ2n) is 4.71. The maximum atomic E-state index is 5.83. The second-order valence-corrected chi connectivity index (χ2v) is 4.71. The highest BCUT2D eigenvalue weighted by atomic mass is 16.5. The van der Waals surface area contributed by atoms with Crippen molar-refractivity contribution in [1.29, 1.82) is 0 Å². The Morgan fingerprint density at radius 2 is 2.16 bits per heavy atom. The van der Waals surface area contributed by atoms with Gasteiger partial charge in [0.1, 0.15) is 5.75 Å². The number of aryl methyl sites for hydroxylation is 1. The number of hydrogen-bond acceptors (Lipinski definition) is 5. The van der Waals surface area contributed by atoms with E-state index in [4.69, 9.17) is 15.0 Å². The monoisotopic (exact) mass is 259 g/mol. The maximum Gasteiger partial charge on any atom is 0.226 e. The third-order valence-corrected chi connectivity index (χ3v) is 3.26. The molecule has 0 bridgehead atoms. The topological polar surface area (TPSA) is 74.2 Å². The molecule has 100 valence electrons.